The number of amides is 1. The fourth-order valence-corrected chi connectivity index (χ4v) is 1.99. The molecule has 1 atom stereocenters. The van der Waals surface area contributed by atoms with Crippen LogP contribution in [0, 0.1) is 5.92 Å². The van der Waals surface area contributed by atoms with E-state index in [2.05, 4.69) is 5.32 Å². The van der Waals surface area contributed by atoms with E-state index in [1.807, 2.05) is 0 Å². The third-order valence-corrected chi connectivity index (χ3v) is 3.52. The van der Waals surface area contributed by atoms with Crippen LogP contribution in [0.1, 0.15) is 44.1 Å². The predicted octanol–water partition coefficient (Wildman–Crippen LogP) is 3.00. The number of benzene rings is 1. The second-order valence-electron chi connectivity index (χ2n) is 5.22. The van der Waals surface area contributed by atoms with Gasteiger partial charge < -0.3 is 10.4 Å². The molecule has 2 rings (SSSR count). The number of rotatable bonds is 6. The first-order chi connectivity index (χ1) is 9.06. The van der Waals surface area contributed by atoms with E-state index in [0.29, 0.717) is 17.7 Å². The monoisotopic (exact) mass is 261 g/mol. The molecule has 102 valence electrons. The SMILES string of the molecule is CC(C(=O)O)c1cccc(NC(=O)CCC2CC2)c1. The normalized spacial score (nSPS) is 15.8. The molecule has 0 bridgehead atoms. The van der Waals surface area contributed by atoms with E-state index in [1.54, 1.807) is 31.2 Å². The third-order valence-electron chi connectivity index (χ3n) is 3.52. The summed E-state index contributed by atoms with van der Waals surface area (Å²) in [5.74, 6) is -0.684. The van der Waals surface area contributed by atoms with Gasteiger partial charge in [0, 0.05) is 12.1 Å². The van der Waals surface area contributed by atoms with E-state index in [4.69, 9.17) is 5.11 Å². The topological polar surface area (TPSA) is 66.4 Å². The van der Waals surface area contributed by atoms with Crippen molar-refractivity contribution in [3.8, 4) is 0 Å². The Morgan fingerprint density at radius 1 is 1.42 bits per heavy atom. The van der Waals surface area contributed by atoms with Crippen molar-refractivity contribution in [2.75, 3.05) is 5.32 Å². The molecule has 1 amide bonds. The second-order valence-corrected chi connectivity index (χ2v) is 5.22. The highest BCUT2D eigenvalue weighted by atomic mass is 16.4. The molecule has 1 unspecified atom stereocenters. The van der Waals surface area contributed by atoms with Crippen LogP contribution in [-0.2, 0) is 9.59 Å². The Kier molecular flexibility index (Phi) is 4.20. The minimum atomic E-state index is -0.864. The number of hydrogen-bond acceptors (Lipinski definition) is 2. The van der Waals surface area contributed by atoms with E-state index in [1.165, 1.54) is 12.8 Å². The van der Waals surface area contributed by atoms with Crippen molar-refractivity contribution >= 4 is 17.6 Å². The summed E-state index contributed by atoms with van der Waals surface area (Å²) in [6, 6.07) is 7.05. The van der Waals surface area contributed by atoms with E-state index in [-0.39, 0.29) is 5.91 Å². The Bertz CT molecular complexity index is 480. The average Bonchev–Trinajstić information content (AvgIpc) is 3.19. The van der Waals surface area contributed by atoms with Crippen LogP contribution in [0.15, 0.2) is 24.3 Å². The van der Waals surface area contributed by atoms with Gasteiger partial charge >= 0.3 is 5.97 Å². The Hall–Kier alpha value is -1.84. The highest BCUT2D eigenvalue weighted by molar-refractivity contribution is 5.91. The number of carboxylic acids is 1. The van der Waals surface area contributed by atoms with E-state index < -0.39 is 11.9 Å². The smallest absolute Gasteiger partial charge is 0.310 e. The fourth-order valence-electron chi connectivity index (χ4n) is 1.99. The number of carbonyl (C=O) groups excluding carboxylic acids is 1. The zero-order valence-corrected chi connectivity index (χ0v) is 11.1. The third kappa shape index (κ3) is 4.09. The number of nitrogens with one attached hydrogen (secondary N) is 1. The van der Waals surface area contributed by atoms with Gasteiger partial charge in [0.2, 0.25) is 5.91 Å². The molecular weight excluding hydrogens is 242 g/mol. The lowest BCUT2D eigenvalue weighted by Gasteiger charge is -2.10. The van der Waals surface area contributed by atoms with Gasteiger partial charge in [0.1, 0.15) is 0 Å². The molecule has 1 saturated carbocycles. The van der Waals surface area contributed by atoms with Gasteiger partial charge in [-0.05, 0) is 37.0 Å². The van der Waals surface area contributed by atoms with Crippen LogP contribution in [0.3, 0.4) is 0 Å². The van der Waals surface area contributed by atoms with Gasteiger partial charge in [0.05, 0.1) is 5.92 Å². The van der Waals surface area contributed by atoms with Crippen molar-refractivity contribution in [1.29, 1.82) is 0 Å². The summed E-state index contributed by atoms with van der Waals surface area (Å²) in [6.07, 6.45) is 4.00. The lowest BCUT2D eigenvalue weighted by molar-refractivity contribution is -0.138. The van der Waals surface area contributed by atoms with Crippen LogP contribution in [-0.4, -0.2) is 17.0 Å². The molecule has 0 spiro atoms. The van der Waals surface area contributed by atoms with Crippen molar-refractivity contribution in [3.63, 3.8) is 0 Å². The first-order valence-corrected chi connectivity index (χ1v) is 6.69. The lowest BCUT2D eigenvalue weighted by atomic mass is 10.0. The molecule has 0 radical (unpaired) electrons. The summed E-state index contributed by atoms with van der Waals surface area (Å²) in [4.78, 5) is 22.7. The number of carbonyl (C=O) groups is 2. The molecule has 1 aliphatic rings. The molecule has 4 heteroatoms. The second kappa shape index (κ2) is 5.87. The summed E-state index contributed by atoms with van der Waals surface area (Å²) in [6.45, 7) is 1.64. The van der Waals surface area contributed by atoms with Crippen molar-refractivity contribution in [2.45, 2.75) is 38.5 Å². The first kappa shape index (κ1) is 13.6. The molecule has 0 aromatic heterocycles. The van der Waals surface area contributed by atoms with Crippen LogP contribution < -0.4 is 5.32 Å². The molecular formula is C15H19NO3. The van der Waals surface area contributed by atoms with Crippen LogP contribution in [0.2, 0.25) is 0 Å². The van der Waals surface area contributed by atoms with Crippen LogP contribution in [0.25, 0.3) is 0 Å². The molecule has 1 fully saturated rings. The zero-order chi connectivity index (χ0) is 13.8. The Labute approximate surface area is 112 Å². The largest absolute Gasteiger partial charge is 0.481 e. The molecule has 1 aliphatic carbocycles. The van der Waals surface area contributed by atoms with Gasteiger partial charge in [0.15, 0.2) is 0 Å². The molecule has 0 saturated heterocycles. The fraction of sp³-hybridized carbons (Fsp3) is 0.467. The molecule has 2 N–H and O–H groups in total. The summed E-state index contributed by atoms with van der Waals surface area (Å²) in [7, 11) is 0. The average molecular weight is 261 g/mol. The number of carboxylic acid groups (broad SMARTS) is 1. The van der Waals surface area contributed by atoms with Gasteiger partial charge in [-0.2, -0.15) is 0 Å². The molecule has 0 aliphatic heterocycles. The summed E-state index contributed by atoms with van der Waals surface area (Å²) < 4.78 is 0. The van der Waals surface area contributed by atoms with E-state index in [9.17, 15) is 9.59 Å². The Morgan fingerprint density at radius 3 is 2.79 bits per heavy atom. The minimum absolute atomic E-state index is 0.00651. The maximum atomic E-state index is 11.7. The van der Waals surface area contributed by atoms with Crippen molar-refractivity contribution < 1.29 is 14.7 Å². The van der Waals surface area contributed by atoms with Crippen LogP contribution >= 0.6 is 0 Å². The van der Waals surface area contributed by atoms with Gasteiger partial charge in [-0.1, -0.05) is 25.0 Å². The lowest BCUT2D eigenvalue weighted by Crippen LogP contribution is -2.12. The van der Waals surface area contributed by atoms with Crippen molar-refractivity contribution in [3.05, 3.63) is 29.8 Å². The van der Waals surface area contributed by atoms with Gasteiger partial charge in [-0.15, -0.1) is 0 Å². The number of hydrogen-bond donors (Lipinski definition) is 2. The van der Waals surface area contributed by atoms with Crippen molar-refractivity contribution in [1.82, 2.24) is 0 Å². The Balaban J connectivity index is 1.93. The molecule has 4 nitrogen and oxygen atoms in total. The highest BCUT2D eigenvalue weighted by Gasteiger charge is 2.22. The summed E-state index contributed by atoms with van der Waals surface area (Å²) in [5.41, 5.74) is 1.37. The highest BCUT2D eigenvalue weighted by Crippen LogP contribution is 2.33. The maximum Gasteiger partial charge on any atom is 0.310 e. The van der Waals surface area contributed by atoms with E-state index in [0.717, 1.165) is 12.3 Å². The zero-order valence-electron chi connectivity index (χ0n) is 11.1. The van der Waals surface area contributed by atoms with Gasteiger partial charge in [0.25, 0.3) is 0 Å². The first-order valence-electron chi connectivity index (χ1n) is 6.69. The van der Waals surface area contributed by atoms with Gasteiger partial charge in [-0.25, -0.2) is 0 Å². The molecule has 19 heavy (non-hydrogen) atoms. The van der Waals surface area contributed by atoms with Crippen molar-refractivity contribution in [2.24, 2.45) is 5.92 Å². The quantitative estimate of drug-likeness (QED) is 0.827. The number of aliphatic carboxylic acids is 1. The predicted molar refractivity (Wildman–Crippen MR) is 73.1 cm³/mol. The molecule has 1 aromatic rings. The van der Waals surface area contributed by atoms with Crippen LogP contribution in [0.4, 0.5) is 5.69 Å². The molecule has 0 heterocycles. The summed E-state index contributed by atoms with van der Waals surface area (Å²) >= 11 is 0. The standard InChI is InChI=1S/C15H19NO3/c1-10(15(18)19)12-3-2-4-13(9-12)16-14(17)8-7-11-5-6-11/h2-4,9-11H,5-8H2,1H3,(H,16,17)(H,18,19). The minimum Gasteiger partial charge on any atom is -0.481 e. The molecule has 1 aromatic carbocycles. The van der Waals surface area contributed by atoms with Crippen LogP contribution in [0.5, 0.6) is 0 Å². The number of anilines is 1. The maximum absolute atomic E-state index is 11.7. The Morgan fingerprint density at radius 2 is 2.16 bits per heavy atom. The van der Waals surface area contributed by atoms with E-state index >= 15 is 0 Å². The van der Waals surface area contributed by atoms with Gasteiger partial charge in [-0.3, -0.25) is 9.59 Å². The summed E-state index contributed by atoms with van der Waals surface area (Å²) in [5, 5.41) is 11.8.